The molecule has 11 atom stereocenters. The Kier molecular flexibility index (Phi) is 28.4. The van der Waals surface area contributed by atoms with Gasteiger partial charge >= 0.3 is 0 Å². The van der Waals surface area contributed by atoms with Crippen molar-refractivity contribution in [2.45, 2.75) is 345 Å². The Hall–Kier alpha value is -8.77. The van der Waals surface area contributed by atoms with Gasteiger partial charge in [-0.25, -0.2) is 0 Å². The summed E-state index contributed by atoms with van der Waals surface area (Å²) in [6.07, 6.45) is 58.6. The van der Waals surface area contributed by atoms with E-state index in [-0.39, 0.29) is 16.2 Å². The SMILES string of the molecule is CC1CC2C=C3C(=CC2C1[Si](C)(C)N(C1CCCCC1)[N+](C)(C)C)C(C)(C)c1cc(-n2c4ccccc4c4ccccc42)ccc13.CCCCC1(CCCC)C2=CC3C(C=C2c2ccc(-n4c5ccccc5c5ccccc54)cc21)CC(C)C3[Si](C)(C)N(C1CCCCC1)[N+](C)(C)C.CCCCC1(CCCC)C2=CC3C(C=C2c2ccc(-n4c5ccccc5c5ccccc54)cc21)CCC3[Si](C)(C)N(C1CCCCC1)[N+](C)(C)C. The number of aromatic nitrogens is 3. The molecule has 9 aromatic carbocycles. The Bertz CT molecular complexity index is 7030. The summed E-state index contributed by atoms with van der Waals surface area (Å²) in [5.41, 5.74) is 33.2. The molecule has 6 saturated carbocycles. The minimum Gasteiger partial charge on any atom is -0.309 e. The van der Waals surface area contributed by atoms with Gasteiger partial charge in [-0.3, -0.25) is 13.8 Å². The van der Waals surface area contributed by atoms with Crippen LogP contribution in [0.5, 0.6) is 0 Å². The molecule has 0 spiro atoms. The summed E-state index contributed by atoms with van der Waals surface area (Å²) in [7, 11) is 16.6. The first-order chi connectivity index (χ1) is 71.5. The van der Waals surface area contributed by atoms with Crippen LogP contribution < -0.4 is 0 Å². The van der Waals surface area contributed by atoms with E-state index >= 15 is 0 Å². The first kappa shape index (κ1) is 105. The van der Waals surface area contributed by atoms with Gasteiger partial charge in [0.1, 0.15) is 0 Å². The highest BCUT2D eigenvalue weighted by Crippen LogP contribution is 2.68. The lowest BCUT2D eigenvalue weighted by molar-refractivity contribution is -0.975. The van der Waals surface area contributed by atoms with Crippen molar-refractivity contribution in [2.24, 2.45) is 47.3 Å². The van der Waals surface area contributed by atoms with Crippen molar-refractivity contribution in [1.29, 1.82) is 0 Å². The number of quaternary nitrogens is 3. The quantitative estimate of drug-likeness (QED) is 0.0291. The monoisotopic (exact) mass is 2040 g/mol. The molecule has 11 unspecified atom stereocenters. The molecular weight excluding hydrogens is 1860 g/mol. The van der Waals surface area contributed by atoms with E-state index in [0.717, 1.165) is 60.4 Å². The van der Waals surface area contributed by atoms with E-state index in [9.17, 15) is 0 Å². The van der Waals surface area contributed by atoms with Crippen molar-refractivity contribution < 1.29 is 13.8 Å². The Morgan fingerprint density at radius 2 is 0.577 bits per heavy atom. The van der Waals surface area contributed by atoms with E-state index in [4.69, 9.17) is 0 Å². The number of unbranched alkanes of at least 4 members (excludes halogenated alkanes) is 4. The van der Waals surface area contributed by atoms with E-state index in [1.54, 1.807) is 39.0 Å². The van der Waals surface area contributed by atoms with Gasteiger partial charge in [-0.05, 0) is 287 Å². The number of benzene rings is 9. The Morgan fingerprint density at radius 1 is 0.302 bits per heavy atom. The number of rotatable bonds is 27. The van der Waals surface area contributed by atoms with Crippen molar-refractivity contribution in [3.63, 3.8) is 0 Å². The third-order valence-electron chi connectivity index (χ3n) is 40.8. The fraction of sp³-hybridized carbons (Fsp3) is 0.518. The minimum atomic E-state index is -1.88. The van der Waals surface area contributed by atoms with Gasteiger partial charge in [0.05, 0.1) is 96.5 Å². The van der Waals surface area contributed by atoms with Gasteiger partial charge < -0.3 is 13.7 Å². The number of nitrogens with zero attached hydrogens (tertiary/aromatic N) is 9. The molecule has 9 nitrogen and oxygen atoms in total. The summed E-state index contributed by atoms with van der Waals surface area (Å²) >= 11 is 0. The Balaban J connectivity index is 0.000000127. The predicted molar refractivity (Wildman–Crippen MR) is 647 cm³/mol. The van der Waals surface area contributed by atoms with Crippen LogP contribution in [-0.4, -0.2) is 148 Å². The highest BCUT2D eigenvalue weighted by atomic mass is 28.3. The largest absolute Gasteiger partial charge is 0.309 e. The van der Waals surface area contributed by atoms with Gasteiger partial charge in [0.15, 0.2) is 24.7 Å². The molecule has 3 heterocycles. The fourth-order valence-corrected chi connectivity index (χ4v) is 53.0. The molecule has 6 fully saturated rings. The van der Waals surface area contributed by atoms with Crippen molar-refractivity contribution >= 4 is 107 Å². The molecule has 3 aromatic heterocycles. The number of allylic oxidation sites excluding steroid dienone is 12. The summed E-state index contributed by atoms with van der Waals surface area (Å²) in [5.74, 6) is 5.40. The van der Waals surface area contributed by atoms with Gasteiger partial charge in [0.2, 0.25) is 0 Å². The molecule has 0 aliphatic heterocycles. The fourth-order valence-electron chi connectivity index (χ4n) is 36.0. The van der Waals surface area contributed by atoms with Crippen LogP contribution in [0.2, 0.25) is 55.9 Å². The van der Waals surface area contributed by atoms with Gasteiger partial charge in [0.25, 0.3) is 0 Å². The zero-order chi connectivity index (χ0) is 104. The lowest BCUT2D eigenvalue weighted by Gasteiger charge is -2.54. The summed E-state index contributed by atoms with van der Waals surface area (Å²) in [6, 6.07) is 78.6. The molecule has 0 amide bonds. The predicted octanol–water partition coefficient (Wildman–Crippen LogP) is 35.9. The van der Waals surface area contributed by atoms with Gasteiger partial charge in [0, 0.05) is 83.7 Å². The Morgan fingerprint density at radius 3 is 0.893 bits per heavy atom. The first-order valence-electron chi connectivity index (χ1n) is 60.1. The molecule has 12 aliphatic rings. The average molecular weight is 2040 g/mol. The lowest BCUT2D eigenvalue weighted by Crippen LogP contribution is -2.69. The summed E-state index contributed by atoms with van der Waals surface area (Å²) in [4.78, 5) is 0. The molecule has 24 rings (SSSR count). The second-order valence-electron chi connectivity index (χ2n) is 54.1. The number of hydrogen-bond donors (Lipinski definition) is 0. The molecule has 0 N–H and O–H groups in total. The summed E-state index contributed by atoms with van der Waals surface area (Å²) < 4.78 is 19.8. The van der Waals surface area contributed by atoms with Gasteiger partial charge in [-0.1, -0.05) is 374 Å². The third kappa shape index (κ3) is 17.9. The molecule has 12 heteroatoms. The standard InChI is InChI=1S/C48H66N3Si.C47H64N3Si.C42H54N3Si/c1-9-11-28-48(29-12-10-2)43-32-37(49-45-24-18-16-22-39(45)40-23-17-19-25-46(40)49)26-27-38(43)42-31-35-30-34(3)47(41(35)33-44(42)48)52(7,8)50(51(4,5)6)36-20-14-13-15-21-36;1-8-10-29-47(30-11-9-2)42-32-36(48-44-23-17-15-21-38(44)39-22-16-18-24-45(39)48)26-27-37(42)41-31-34-25-28-46(40(34)33-43(41)47)51(6,7)49(50(3,4)5)35-19-13-12-14-20-35;1-28-24-29-25-36-32-23-22-31(43-39-20-14-12-18-33(39)34-19-13-15-21-40(34)43)26-37(32)42(2,3)38(36)27-35(29)41(28)46(7,8)44(45(4,5)6)30-16-10-9-11-17-30/h16-19,22-27,31-36,41,47H,9-15,20-21,28-30H2,1-8H3;15-18,21-24,26-27,31-35,40,46H,8-14,19-20,25,28-30H2,1-7H3;12-15,18-23,25-30,35,41H,9-11,16-17,24H2,1-8H3/q3*+1. The second kappa shape index (κ2) is 40.5. The van der Waals surface area contributed by atoms with Crippen LogP contribution in [0.4, 0.5) is 0 Å². The number of para-hydroxylation sites is 6. The summed E-state index contributed by atoms with van der Waals surface area (Å²) in [5, 5.41) is 8.03. The maximum atomic E-state index is 3.11. The van der Waals surface area contributed by atoms with E-state index in [2.05, 4.69) is 422 Å². The molecule has 12 aliphatic carbocycles. The van der Waals surface area contributed by atoms with Crippen molar-refractivity contribution in [1.82, 2.24) is 27.7 Å². The normalized spacial score (nSPS) is 24.7. The topological polar surface area (TPSA) is 24.5 Å². The zero-order valence-corrected chi connectivity index (χ0v) is 99.0. The second-order valence-corrected chi connectivity index (χ2v) is 67.4. The maximum absolute atomic E-state index is 3.11. The van der Waals surface area contributed by atoms with Crippen LogP contribution in [0, 0.1) is 47.3 Å². The molecular formula is C137H184N9Si3+3. The van der Waals surface area contributed by atoms with Crippen LogP contribution in [0.3, 0.4) is 0 Å². The molecule has 0 radical (unpaired) electrons. The van der Waals surface area contributed by atoms with Crippen LogP contribution in [0.1, 0.15) is 288 Å². The van der Waals surface area contributed by atoms with Crippen LogP contribution >= 0.6 is 0 Å². The van der Waals surface area contributed by atoms with Crippen molar-refractivity contribution in [2.75, 3.05) is 63.4 Å². The van der Waals surface area contributed by atoms with E-state index < -0.39 is 24.7 Å². The van der Waals surface area contributed by atoms with E-state index in [0.29, 0.717) is 35.5 Å². The smallest absolute Gasteiger partial charge is 0.191 e. The molecule has 786 valence electrons. The van der Waals surface area contributed by atoms with Crippen molar-refractivity contribution in [3.05, 3.63) is 287 Å². The highest BCUT2D eigenvalue weighted by molar-refractivity contribution is 6.77. The molecule has 149 heavy (non-hydrogen) atoms. The Labute approximate surface area is 901 Å². The van der Waals surface area contributed by atoms with Gasteiger partial charge in [-0.2, -0.15) is 14.0 Å². The molecule has 0 saturated heterocycles. The third-order valence-corrected chi connectivity index (χ3v) is 54.9. The average Bonchev–Trinajstić information content (AvgIpc) is 1.55. The minimum absolute atomic E-state index is 0.0217. The lowest BCUT2D eigenvalue weighted by atomic mass is 9.68. The van der Waals surface area contributed by atoms with Crippen LogP contribution in [0.15, 0.2) is 253 Å². The highest BCUT2D eigenvalue weighted by Gasteiger charge is 2.63. The van der Waals surface area contributed by atoms with Crippen LogP contribution in [0.25, 0.3) is 99.2 Å². The number of fused-ring (bicyclic) bond motifs is 21. The zero-order valence-electron chi connectivity index (χ0n) is 96.0. The van der Waals surface area contributed by atoms with E-state index in [1.165, 1.54) is 309 Å². The first-order valence-corrected chi connectivity index (χ1v) is 69.1. The molecule has 0 bridgehead atoms. The van der Waals surface area contributed by atoms with Gasteiger partial charge in [-0.15, -0.1) is 0 Å². The molecule has 12 aromatic rings. The van der Waals surface area contributed by atoms with E-state index in [1.807, 2.05) is 0 Å². The maximum Gasteiger partial charge on any atom is 0.191 e. The van der Waals surface area contributed by atoms with Crippen molar-refractivity contribution in [3.8, 4) is 17.1 Å². The summed E-state index contributed by atoms with van der Waals surface area (Å²) in [6.45, 7) is 36.3. The van der Waals surface area contributed by atoms with Crippen LogP contribution in [-0.2, 0) is 16.2 Å². The number of hydrogen-bond acceptors (Lipinski definition) is 3.